The van der Waals surface area contributed by atoms with Gasteiger partial charge in [0.15, 0.2) is 4.80 Å². The van der Waals surface area contributed by atoms with E-state index in [9.17, 15) is 9.59 Å². The summed E-state index contributed by atoms with van der Waals surface area (Å²) in [4.78, 5) is 36.5. The van der Waals surface area contributed by atoms with Gasteiger partial charge in [0.2, 0.25) is 0 Å². The lowest BCUT2D eigenvalue weighted by molar-refractivity contribution is -0.139. The zero-order chi connectivity index (χ0) is 30.2. The molecule has 9 heteroatoms. The maximum atomic E-state index is 14.4. The normalized spacial score (nSPS) is 14.9. The molecule has 0 unspecified atom stereocenters. The third-order valence-electron chi connectivity index (χ3n) is 7.67. The van der Waals surface area contributed by atoms with Crippen molar-refractivity contribution in [2.75, 3.05) is 20.8 Å². The standard InChI is InChI=1S/C34H31N3O5S/c1-6-42-33(39)28-20(3)35-34-37(31(28)24-16-15-22(40-4)17-26(24)41-5)32(38)27(43-34)18-25-23-14-10-11-19(2)29(23)36-30(25)21-12-8-7-9-13-21/h7-18,31,36H,6H2,1-5H3/b27-18+/t31-/m0/s1. The monoisotopic (exact) mass is 593 g/mol. The van der Waals surface area contributed by atoms with Gasteiger partial charge in [-0.2, -0.15) is 0 Å². The van der Waals surface area contributed by atoms with Gasteiger partial charge in [-0.3, -0.25) is 9.36 Å². The van der Waals surface area contributed by atoms with Crippen molar-refractivity contribution in [3.63, 3.8) is 0 Å². The summed E-state index contributed by atoms with van der Waals surface area (Å²) in [6.45, 7) is 5.77. The van der Waals surface area contributed by atoms with Crippen molar-refractivity contribution >= 4 is 34.3 Å². The minimum atomic E-state index is -0.808. The molecule has 43 heavy (non-hydrogen) atoms. The molecule has 2 aromatic heterocycles. The van der Waals surface area contributed by atoms with Gasteiger partial charge in [-0.25, -0.2) is 9.79 Å². The fourth-order valence-electron chi connectivity index (χ4n) is 5.63. The summed E-state index contributed by atoms with van der Waals surface area (Å²) in [5.74, 6) is 0.544. The van der Waals surface area contributed by atoms with Gasteiger partial charge in [0.25, 0.3) is 5.56 Å². The molecule has 0 bridgehead atoms. The van der Waals surface area contributed by atoms with Crippen molar-refractivity contribution < 1.29 is 19.0 Å². The Kier molecular flexibility index (Phi) is 7.50. The van der Waals surface area contributed by atoms with Gasteiger partial charge >= 0.3 is 5.97 Å². The number of hydrogen-bond donors (Lipinski definition) is 1. The Hall–Kier alpha value is -4.89. The number of ether oxygens (including phenoxy) is 3. The van der Waals surface area contributed by atoms with Crippen LogP contribution >= 0.6 is 11.3 Å². The minimum absolute atomic E-state index is 0.189. The molecule has 1 aliphatic rings. The summed E-state index contributed by atoms with van der Waals surface area (Å²) in [5.41, 5.74) is 6.11. The number of aryl methyl sites for hydroxylation is 1. The number of nitrogens with one attached hydrogen (secondary N) is 1. The predicted molar refractivity (Wildman–Crippen MR) is 168 cm³/mol. The highest BCUT2D eigenvalue weighted by atomic mass is 32.1. The number of aromatic amines is 1. The predicted octanol–water partition coefficient (Wildman–Crippen LogP) is 5.27. The highest BCUT2D eigenvalue weighted by molar-refractivity contribution is 7.07. The third-order valence-corrected chi connectivity index (χ3v) is 8.66. The Morgan fingerprint density at radius 3 is 2.56 bits per heavy atom. The number of rotatable bonds is 7. The molecule has 8 nitrogen and oxygen atoms in total. The van der Waals surface area contributed by atoms with Crippen LogP contribution in [0.1, 0.15) is 36.6 Å². The number of nitrogens with zero attached hydrogens (tertiary/aromatic N) is 2. The first-order valence-electron chi connectivity index (χ1n) is 13.9. The number of hydrogen-bond acceptors (Lipinski definition) is 7. The molecule has 218 valence electrons. The number of methoxy groups -OCH3 is 2. The molecule has 1 N–H and O–H groups in total. The summed E-state index contributed by atoms with van der Waals surface area (Å²) in [6, 6.07) is 20.7. The Labute approximate surface area is 252 Å². The van der Waals surface area contributed by atoms with Crippen LogP contribution in [-0.4, -0.2) is 36.3 Å². The maximum Gasteiger partial charge on any atom is 0.338 e. The number of esters is 1. The van der Waals surface area contributed by atoms with Gasteiger partial charge in [-0.15, -0.1) is 0 Å². The Bertz CT molecular complexity index is 2090. The Balaban J connectivity index is 1.63. The first-order valence-corrected chi connectivity index (χ1v) is 14.8. The lowest BCUT2D eigenvalue weighted by Crippen LogP contribution is -2.40. The van der Waals surface area contributed by atoms with E-state index in [1.165, 1.54) is 11.3 Å². The fourth-order valence-corrected chi connectivity index (χ4v) is 6.66. The van der Waals surface area contributed by atoms with Gasteiger partial charge in [0.1, 0.15) is 17.5 Å². The lowest BCUT2D eigenvalue weighted by Gasteiger charge is -2.26. The molecule has 0 aliphatic carbocycles. The maximum absolute atomic E-state index is 14.4. The molecule has 0 spiro atoms. The highest BCUT2D eigenvalue weighted by Gasteiger charge is 2.35. The largest absolute Gasteiger partial charge is 0.497 e. The van der Waals surface area contributed by atoms with Gasteiger partial charge in [0.05, 0.1) is 42.3 Å². The van der Waals surface area contributed by atoms with E-state index in [4.69, 9.17) is 19.2 Å². The molecule has 3 aromatic carbocycles. The van der Waals surface area contributed by atoms with Gasteiger partial charge < -0.3 is 19.2 Å². The zero-order valence-corrected chi connectivity index (χ0v) is 25.4. The summed E-state index contributed by atoms with van der Waals surface area (Å²) in [5, 5.41) is 1.02. The molecule has 0 saturated heterocycles. The van der Waals surface area contributed by atoms with Crippen LogP contribution in [0.15, 0.2) is 87.8 Å². The van der Waals surface area contributed by atoms with E-state index in [1.54, 1.807) is 44.8 Å². The number of allylic oxidation sites excluding steroid dienone is 1. The second-order valence-electron chi connectivity index (χ2n) is 10.2. The van der Waals surface area contributed by atoms with E-state index in [0.717, 1.165) is 33.3 Å². The van der Waals surface area contributed by atoms with Crippen LogP contribution < -0.4 is 24.4 Å². The number of aromatic nitrogens is 2. The van der Waals surface area contributed by atoms with E-state index >= 15 is 0 Å². The molecular weight excluding hydrogens is 562 g/mol. The summed E-state index contributed by atoms with van der Waals surface area (Å²) in [6.07, 6.45) is 1.93. The summed E-state index contributed by atoms with van der Waals surface area (Å²) in [7, 11) is 3.12. The smallest absolute Gasteiger partial charge is 0.338 e. The molecular formula is C34H31N3O5S. The van der Waals surface area contributed by atoms with Crippen molar-refractivity contribution in [1.82, 2.24) is 9.55 Å². The number of H-pyrrole nitrogens is 1. The summed E-state index contributed by atoms with van der Waals surface area (Å²) >= 11 is 1.29. The van der Waals surface area contributed by atoms with Gasteiger partial charge in [0, 0.05) is 28.1 Å². The second-order valence-corrected chi connectivity index (χ2v) is 11.2. The molecule has 1 aliphatic heterocycles. The molecule has 0 fully saturated rings. The van der Waals surface area contributed by atoms with E-state index in [-0.39, 0.29) is 17.7 Å². The van der Waals surface area contributed by atoms with Crippen molar-refractivity contribution in [1.29, 1.82) is 0 Å². The average molecular weight is 594 g/mol. The zero-order valence-electron chi connectivity index (χ0n) is 24.6. The number of fused-ring (bicyclic) bond motifs is 2. The number of benzene rings is 3. The first-order chi connectivity index (χ1) is 20.9. The third kappa shape index (κ3) is 4.85. The second kappa shape index (κ2) is 11.4. The molecule has 0 amide bonds. The van der Waals surface area contributed by atoms with E-state index < -0.39 is 12.0 Å². The highest BCUT2D eigenvalue weighted by Crippen LogP contribution is 2.38. The van der Waals surface area contributed by atoms with Crippen molar-refractivity contribution in [3.8, 4) is 22.8 Å². The van der Waals surface area contributed by atoms with E-state index in [2.05, 4.69) is 24.0 Å². The van der Waals surface area contributed by atoms with Crippen LogP contribution in [-0.2, 0) is 9.53 Å². The topological polar surface area (TPSA) is 94.9 Å². The first kappa shape index (κ1) is 28.2. The average Bonchev–Trinajstić information content (AvgIpc) is 3.54. The van der Waals surface area contributed by atoms with Crippen LogP contribution in [0.3, 0.4) is 0 Å². The lowest BCUT2D eigenvalue weighted by atomic mass is 9.95. The van der Waals surface area contributed by atoms with Crippen molar-refractivity contribution in [2.45, 2.75) is 26.8 Å². The number of para-hydroxylation sites is 1. The number of carbonyl (C=O) groups is 1. The van der Waals surface area contributed by atoms with Gasteiger partial charge in [-0.05, 0) is 50.1 Å². The van der Waals surface area contributed by atoms with Gasteiger partial charge in [-0.1, -0.05) is 59.9 Å². The van der Waals surface area contributed by atoms with Crippen LogP contribution in [0.25, 0.3) is 28.2 Å². The van der Waals surface area contributed by atoms with Crippen LogP contribution in [0, 0.1) is 6.92 Å². The van der Waals surface area contributed by atoms with Crippen molar-refractivity contribution in [2.24, 2.45) is 4.99 Å². The van der Waals surface area contributed by atoms with E-state index in [1.807, 2.05) is 48.5 Å². The SMILES string of the molecule is CCOC(=O)C1=C(C)N=c2s/c(=C/c3c(-c4ccccc4)[nH]c4c(C)cccc34)c(=O)n2[C@H]1c1ccc(OC)cc1OC. The summed E-state index contributed by atoms with van der Waals surface area (Å²) < 4.78 is 18.6. The van der Waals surface area contributed by atoms with E-state index in [0.29, 0.717) is 32.1 Å². The van der Waals surface area contributed by atoms with Crippen LogP contribution in [0.4, 0.5) is 0 Å². The molecule has 5 aromatic rings. The number of carbonyl (C=O) groups excluding carboxylic acids is 1. The van der Waals surface area contributed by atoms with Crippen molar-refractivity contribution in [3.05, 3.63) is 114 Å². The molecule has 0 radical (unpaired) electrons. The molecule has 3 heterocycles. The molecule has 6 rings (SSSR count). The van der Waals surface area contributed by atoms with Crippen LogP contribution in [0.5, 0.6) is 11.5 Å². The quantitative estimate of drug-likeness (QED) is 0.260. The molecule has 1 atom stereocenters. The number of thiazole rings is 1. The Morgan fingerprint density at radius 1 is 1.05 bits per heavy atom. The van der Waals surface area contributed by atoms with Crippen LogP contribution in [0.2, 0.25) is 0 Å². The minimum Gasteiger partial charge on any atom is -0.497 e. The Morgan fingerprint density at radius 2 is 1.84 bits per heavy atom. The fraction of sp³-hybridized carbons (Fsp3) is 0.206. The molecule has 0 saturated carbocycles.